The van der Waals surface area contributed by atoms with Crippen molar-refractivity contribution in [1.29, 1.82) is 0 Å². The molecule has 1 atom stereocenters. The van der Waals surface area contributed by atoms with Crippen molar-refractivity contribution in [2.45, 2.75) is 19.4 Å². The van der Waals surface area contributed by atoms with Crippen molar-refractivity contribution in [3.63, 3.8) is 0 Å². The third kappa shape index (κ3) is 3.43. The molecule has 0 bridgehead atoms. The van der Waals surface area contributed by atoms with Gasteiger partial charge in [0.25, 0.3) is 0 Å². The van der Waals surface area contributed by atoms with Crippen molar-refractivity contribution in [2.75, 3.05) is 25.0 Å². The van der Waals surface area contributed by atoms with Gasteiger partial charge in [0.15, 0.2) is 0 Å². The first-order valence-electron chi connectivity index (χ1n) is 5.90. The van der Waals surface area contributed by atoms with E-state index in [0.717, 1.165) is 0 Å². The lowest BCUT2D eigenvalue weighted by Crippen LogP contribution is -2.59. The molecule has 0 radical (unpaired) electrons. The Bertz CT molecular complexity index is 424. The molecule has 0 spiro atoms. The number of likely N-dealkylation sites (N-methyl/N-ethyl adjacent to an activating group) is 2. The van der Waals surface area contributed by atoms with Crippen molar-refractivity contribution in [3.8, 4) is 0 Å². The van der Waals surface area contributed by atoms with Crippen LogP contribution in [0.1, 0.15) is 13.8 Å². The molecule has 0 aromatic heterocycles. The predicted molar refractivity (Wildman–Crippen MR) is 70.9 cm³/mol. The van der Waals surface area contributed by atoms with Gasteiger partial charge in [-0.05, 0) is 31.7 Å². The lowest BCUT2D eigenvalue weighted by Gasteiger charge is -2.32. The molecular weight excluding hydrogens is 233 g/mol. The topological polar surface area (TPSA) is 58.4 Å². The molecule has 1 rings (SSSR count). The maximum Gasteiger partial charge on any atom is 0.239 e. The van der Waals surface area contributed by atoms with Crippen molar-refractivity contribution in [2.24, 2.45) is 5.73 Å². The molecule has 0 aliphatic carbocycles. The van der Waals surface area contributed by atoms with E-state index < -0.39 is 11.4 Å². The lowest BCUT2D eigenvalue weighted by molar-refractivity contribution is -0.123. The molecule has 5 heteroatoms. The lowest BCUT2D eigenvalue weighted by atomic mass is 10.0. The highest BCUT2D eigenvalue weighted by Gasteiger charge is 2.31. The zero-order valence-electron chi connectivity index (χ0n) is 11.0. The van der Waals surface area contributed by atoms with Crippen molar-refractivity contribution >= 4 is 11.6 Å². The fourth-order valence-corrected chi connectivity index (χ4v) is 1.89. The molecule has 0 saturated heterocycles. The normalized spacial score (nSPS) is 14.0. The van der Waals surface area contributed by atoms with Crippen molar-refractivity contribution < 1.29 is 9.18 Å². The van der Waals surface area contributed by atoms with Gasteiger partial charge in [-0.3, -0.25) is 4.79 Å². The molecule has 0 fully saturated rings. The van der Waals surface area contributed by atoms with Crippen LogP contribution in [0.3, 0.4) is 0 Å². The zero-order chi connectivity index (χ0) is 13.8. The average molecular weight is 253 g/mol. The maximum absolute atomic E-state index is 13.1. The number of nitrogens with one attached hydrogen (secondary N) is 1. The minimum Gasteiger partial charge on any atom is -0.372 e. The van der Waals surface area contributed by atoms with E-state index in [9.17, 15) is 9.18 Å². The van der Waals surface area contributed by atoms with Gasteiger partial charge in [0.1, 0.15) is 11.4 Å². The number of hydrogen-bond donors (Lipinski definition) is 2. The summed E-state index contributed by atoms with van der Waals surface area (Å²) in [5.74, 6) is -0.726. The molecule has 1 unspecified atom stereocenters. The fourth-order valence-electron chi connectivity index (χ4n) is 1.89. The van der Waals surface area contributed by atoms with E-state index in [1.165, 1.54) is 12.1 Å². The van der Waals surface area contributed by atoms with Crippen LogP contribution >= 0.6 is 0 Å². The van der Waals surface area contributed by atoms with Gasteiger partial charge in [-0.25, -0.2) is 4.39 Å². The molecular formula is C13H20FN3O. The first-order valence-corrected chi connectivity index (χ1v) is 5.90. The second kappa shape index (κ2) is 5.82. The number of nitrogens with two attached hydrogens (primary N) is 1. The highest BCUT2D eigenvalue weighted by atomic mass is 19.1. The molecule has 18 heavy (non-hydrogen) atoms. The minimum atomic E-state index is -0.837. The zero-order valence-corrected chi connectivity index (χ0v) is 11.0. The van der Waals surface area contributed by atoms with Gasteiger partial charge in [0, 0.05) is 19.3 Å². The highest BCUT2D eigenvalue weighted by Crippen LogP contribution is 2.16. The number of rotatable bonds is 6. The average Bonchev–Trinajstić information content (AvgIpc) is 2.29. The molecule has 0 aliphatic rings. The van der Waals surface area contributed by atoms with Crippen LogP contribution in [0, 0.1) is 5.82 Å². The monoisotopic (exact) mass is 253 g/mol. The predicted octanol–water partition coefficient (Wildman–Crippen LogP) is 1.12. The molecule has 0 saturated carbocycles. The quantitative estimate of drug-likeness (QED) is 0.798. The number of primary amides is 1. The van der Waals surface area contributed by atoms with Crippen molar-refractivity contribution in [1.82, 2.24) is 5.32 Å². The summed E-state index contributed by atoms with van der Waals surface area (Å²) in [6.45, 7) is 4.66. The molecule has 100 valence electrons. The van der Waals surface area contributed by atoms with E-state index in [2.05, 4.69) is 5.32 Å². The number of hydrogen-bond acceptors (Lipinski definition) is 3. The smallest absolute Gasteiger partial charge is 0.239 e. The number of anilines is 1. The third-order valence-electron chi connectivity index (χ3n) is 2.91. The van der Waals surface area contributed by atoms with E-state index in [1.807, 2.05) is 6.92 Å². The number of carbonyl (C=O) groups excluding carboxylic acids is 1. The molecule has 1 amide bonds. The van der Waals surface area contributed by atoms with E-state index >= 15 is 0 Å². The Morgan fingerprint density at radius 3 is 2.72 bits per heavy atom. The Hall–Kier alpha value is -1.62. The summed E-state index contributed by atoms with van der Waals surface area (Å²) in [7, 11) is 1.80. The van der Waals surface area contributed by atoms with Crippen LogP contribution in [0.5, 0.6) is 0 Å². The fraction of sp³-hybridized carbons (Fsp3) is 0.462. The molecule has 4 nitrogen and oxygen atoms in total. The number of benzene rings is 1. The van der Waals surface area contributed by atoms with Gasteiger partial charge in [0.05, 0.1) is 0 Å². The Balaban J connectivity index is 2.85. The van der Waals surface area contributed by atoms with Crippen LogP contribution in [0.2, 0.25) is 0 Å². The Morgan fingerprint density at radius 2 is 2.22 bits per heavy atom. The maximum atomic E-state index is 13.1. The number of halogens is 1. The Labute approximate surface area is 107 Å². The van der Waals surface area contributed by atoms with Crippen LogP contribution in [0.4, 0.5) is 10.1 Å². The molecule has 1 aromatic rings. The first kappa shape index (κ1) is 14.4. The van der Waals surface area contributed by atoms with Crippen LogP contribution in [-0.4, -0.2) is 31.6 Å². The third-order valence-corrected chi connectivity index (χ3v) is 2.91. The van der Waals surface area contributed by atoms with Gasteiger partial charge < -0.3 is 16.0 Å². The van der Waals surface area contributed by atoms with E-state index in [1.54, 1.807) is 31.0 Å². The summed E-state index contributed by atoms with van der Waals surface area (Å²) in [4.78, 5) is 13.3. The molecule has 3 N–H and O–H groups in total. The van der Waals surface area contributed by atoms with Crippen LogP contribution in [0.15, 0.2) is 24.3 Å². The highest BCUT2D eigenvalue weighted by molar-refractivity contribution is 5.85. The van der Waals surface area contributed by atoms with Crippen molar-refractivity contribution in [3.05, 3.63) is 30.1 Å². The van der Waals surface area contributed by atoms with Gasteiger partial charge in [-0.1, -0.05) is 13.0 Å². The van der Waals surface area contributed by atoms with E-state index in [4.69, 9.17) is 5.73 Å². The number of carbonyl (C=O) groups is 1. The van der Waals surface area contributed by atoms with Gasteiger partial charge in [0.2, 0.25) is 5.91 Å². The summed E-state index contributed by atoms with van der Waals surface area (Å²) in [5, 5.41) is 3.06. The largest absolute Gasteiger partial charge is 0.372 e. The number of nitrogens with zero attached hydrogens (tertiary/aromatic N) is 1. The standard InChI is InChI=1S/C13H20FN3O/c1-4-16-13(2,12(15)18)9-17(3)11-7-5-6-10(14)8-11/h5-8,16H,4,9H2,1-3H3,(H2,15,18). The van der Waals surface area contributed by atoms with Gasteiger partial charge >= 0.3 is 0 Å². The molecule has 1 aromatic carbocycles. The number of amides is 1. The SMILES string of the molecule is CCNC(C)(CN(C)c1cccc(F)c1)C(N)=O. The second-order valence-electron chi connectivity index (χ2n) is 4.56. The van der Waals surface area contributed by atoms with Gasteiger partial charge in [-0.15, -0.1) is 0 Å². The summed E-state index contributed by atoms with van der Waals surface area (Å²) < 4.78 is 13.1. The Kier molecular flexibility index (Phi) is 4.67. The first-order chi connectivity index (χ1) is 8.39. The summed E-state index contributed by atoms with van der Waals surface area (Å²) >= 11 is 0. The molecule has 0 heterocycles. The summed E-state index contributed by atoms with van der Waals surface area (Å²) in [6.07, 6.45) is 0. The Morgan fingerprint density at radius 1 is 1.56 bits per heavy atom. The molecule has 0 aliphatic heterocycles. The summed E-state index contributed by atoms with van der Waals surface area (Å²) in [5.41, 5.74) is 5.28. The second-order valence-corrected chi connectivity index (χ2v) is 4.56. The summed E-state index contributed by atoms with van der Waals surface area (Å²) in [6, 6.07) is 6.23. The van der Waals surface area contributed by atoms with Crippen LogP contribution in [-0.2, 0) is 4.79 Å². The minimum absolute atomic E-state index is 0.302. The van der Waals surface area contributed by atoms with Crippen LogP contribution < -0.4 is 16.0 Å². The van der Waals surface area contributed by atoms with Crippen LogP contribution in [0.25, 0.3) is 0 Å². The van der Waals surface area contributed by atoms with Gasteiger partial charge in [-0.2, -0.15) is 0 Å². The van der Waals surface area contributed by atoms with E-state index in [-0.39, 0.29) is 5.82 Å². The van der Waals surface area contributed by atoms with E-state index in [0.29, 0.717) is 18.8 Å².